The SMILES string of the molecule is COc1ccc2c(c1)nnn2-c1cc(F)c(CN)c(F)c1. The highest BCUT2D eigenvalue weighted by atomic mass is 19.1. The summed E-state index contributed by atoms with van der Waals surface area (Å²) in [5, 5.41) is 7.89. The normalized spacial score (nSPS) is 11.0. The third-order valence-electron chi connectivity index (χ3n) is 3.23. The summed E-state index contributed by atoms with van der Waals surface area (Å²) in [6.07, 6.45) is 0. The Balaban J connectivity index is 2.17. The van der Waals surface area contributed by atoms with Crippen molar-refractivity contribution >= 4 is 11.0 Å². The van der Waals surface area contributed by atoms with E-state index in [-0.39, 0.29) is 17.8 Å². The monoisotopic (exact) mass is 290 g/mol. The van der Waals surface area contributed by atoms with E-state index in [9.17, 15) is 8.78 Å². The van der Waals surface area contributed by atoms with Gasteiger partial charge < -0.3 is 10.5 Å². The molecule has 0 bridgehead atoms. The number of methoxy groups -OCH3 is 1. The van der Waals surface area contributed by atoms with Gasteiger partial charge in [0.05, 0.1) is 18.3 Å². The number of nitrogens with two attached hydrogens (primary N) is 1. The number of halogens is 2. The Hall–Kier alpha value is -2.54. The second kappa shape index (κ2) is 5.10. The van der Waals surface area contributed by atoms with E-state index < -0.39 is 11.6 Å². The smallest absolute Gasteiger partial charge is 0.132 e. The Labute approximate surface area is 118 Å². The molecule has 0 fully saturated rings. The zero-order chi connectivity index (χ0) is 15.0. The summed E-state index contributed by atoms with van der Waals surface area (Å²) in [5.74, 6) is -0.778. The molecule has 2 N–H and O–H groups in total. The van der Waals surface area contributed by atoms with Gasteiger partial charge in [0, 0.05) is 30.3 Å². The molecule has 0 atom stereocenters. The summed E-state index contributed by atoms with van der Waals surface area (Å²) in [4.78, 5) is 0. The Bertz CT molecular complexity index is 793. The molecule has 0 unspecified atom stereocenters. The van der Waals surface area contributed by atoms with Crippen LogP contribution in [0.15, 0.2) is 30.3 Å². The molecule has 2 aromatic carbocycles. The summed E-state index contributed by atoms with van der Waals surface area (Å²) >= 11 is 0. The van der Waals surface area contributed by atoms with Crippen molar-refractivity contribution in [2.45, 2.75) is 6.54 Å². The fourth-order valence-corrected chi connectivity index (χ4v) is 2.13. The lowest BCUT2D eigenvalue weighted by Gasteiger charge is -2.07. The van der Waals surface area contributed by atoms with Crippen LogP contribution >= 0.6 is 0 Å². The third kappa shape index (κ3) is 2.21. The highest BCUT2D eigenvalue weighted by molar-refractivity contribution is 5.77. The van der Waals surface area contributed by atoms with Gasteiger partial charge >= 0.3 is 0 Å². The summed E-state index contributed by atoms with van der Waals surface area (Å²) in [5.41, 5.74) is 6.60. The number of aromatic nitrogens is 3. The van der Waals surface area contributed by atoms with Crippen LogP contribution in [-0.2, 0) is 6.54 Å². The van der Waals surface area contributed by atoms with E-state index in [1.807, 2.05) is 0 Å². The molecule has 5 nitrogen and oxygen atoms in total. The van der Waals surface area contributed by atoms with E-state index in [0.29, 0.717) is 16.8 Å². The Morgan fingerprint density at radius 2 is 1.90 bits per heavy atom. The number of fused-ring (bicyclic) bond motifs is 1. The zero-order valence-corrected chi connectivity index (χ0v) is 11.2. The van der Waals surface area contributed by atoms with Gasteiger partial charge in [-0.3, -0.25) is 0 Å². The van der Waals surface area contributed by atoms with Crippen molar-refractivity contribution in [1.82, 2.24) is 15.0 Å². The van der Waals surface area contributed by atoms with Gasteiger partial charge in [-0.05, 0) is 12.1 Å². The van der Waals surface area contributed by atoms with E-state index in [1.54, 1.807) is 25.3 Å². The molecule has 0 spiro atoms. The van der Waals surface area contributed by atoms with Gasteiger partial charge in [0.2, 0.25) is 0 Å². The van der Waals surface area contributed by atoms with Crippen molar-refractivity contribution in [2.75, 3.05) is 7.11 Å². The number of ether oxygens (including phenoxy) is 1. The predicted octanol–water partition coefficient (Wildman–Crippen LogP) is 2.17. The van der Waals surface area contributed by atoms with Gasteiger partial charge in [-0.1, -0.05) is 5.21 Å². The van der Waals surface area contributed by atoms with E-state index >= 15 is 0 Å². The maximum atomic E-state index is 13.8. The molecular formula is C14H12F2N4O. The van der Waals surface area contributed by atoms with Gasteiger partial charge in [-0.25, -0.2) is 13.5 Å². The van der Waals surface area contributed by atoms with Crippen molar-refractivity contribution in [1.29, 1.82) is 0 Å². The second-order valence-electron chi connectivity index (χ2n) is 4.45. The van der Waals surface area contributed by atoms with Crippen LogP contribution in [0.2, 0.25) is 0 Å². The maximum Gasteiger partial charge on any atom is 0.132 e. The van der Waals surface area contributed by atoms with Crippen molar-refractivity contribution < 1.29 is 13.5 Å². The first-order valence-electron chi connectivity index (χ1n) is 6.22. The molecule has 0 aliphatic heterocycles. The first kappa shape index (κ1) is 13.4. The largest absolute Gasteiger partial charge is 0.497 e. The Morgan fingerprint density at radius 1 is 1.19 bits per heavy atom. The molecular weight excluding hydrogens is 278 g/mol. The average molecular weight is 290 g/mol. The predicted molar refractivity (Wildman–Crippen MR) is 73.2 cm³/mol. The van der Waals surface area contributed by atoms with Gasteiger partial charge in [0.25, 0.3) is 0 Å². The van der Waals surface area contributed by atoms with Crippen LogP contribution in [0.4, 0.5) is 8.78 Å². The van der Waals surface area contributed by atoms with Crippen LogP contribution in [-0.4, -0.2) is 22.1 Å². The molecule has 0 saturated heterocycles. The van der Waals surface area contributed by atoms with Crippen molar-refractivity contribution in [3.8, 4) is 11.4 Å². The molecule has 0 amide bonds. The minimum absolute atomic E-state index is 0.148. The number of nitrogens with zero attached hydrogens (tertiary/aromatic N) is 3. The van der Waals surface area contributed by atoms with Gasteiger partial charge in [-0.2, -0.15) is 0 Å². The summed E-state index contributed by atoms with van der Waals surface area (Å²) < 4.78 is 34.1. The standard InChI is InChI=1S/C14H12F2N4O/c1-21-9-2-3-14-13(6-9)18-19-20(14)8-4-11(15)10(7-17)12(16)5-8/h2-6H,7,17H2,1H3. The topological polar surface area (TPSA) is 66.0 Å². The first-order valence-corrected chi connectivity index (χ1v) is 6.22. The zero-order valence-electron chi connectivity index (χ0n) is 11.2. The Kier molecular flexibility index (Phi) is 3.26. The average Bonchev–Trinajstić information content (AvgIpc) is 2.89. The lowest BCUT2D eigenvalue weighted by Crippen LogP contribution is -2.06. The van der Waals surface area contributed by atoms with Crippen LogP contribution < -0.4 is 10.5 Å². The van der Waals surface area contributed by atoms with E-state index in [0.717, 1.165) is 0 Å². The van der Waals surface area contributed by atoms with Crippen molar-refractivity contribution in [3.05, 3.63) is 47.5 Å². The van der Waals surface area contributed by atoms with Gasteiger partial charge in [0.1, 0.15) is 22.9 Å². The fraction of sp³-hybridized carbons (Fsp3) is 0.143. The number of hydrogen-bond acceptors (Lipinski definition) is 4. The fourth-order valence-electron chi connectivity index (χ4n) is 2.13. The lowest BCUT2D eigenvalue weighted by molar-refractivity contribution is 0.415. The highest BCUT2D eigenvalue weighted by Gasteiger charge is 2.13. The van der Waals surface area contributed by atoms with E-state index in [1.165, 1.54) is 16.8 Å². The molecule has 1 aromatic heterocycles. The molecule has 1 heterocycles. The van der Waals surface area contributed by atoms with Crippen LogP contribution in [0.1, 0.15) is 5.56 Å². The summed E-state index contributed by atoms with van der Waals surface area (Å²) in [7, 11) is 1.54. The molecule has 3 aromatic rings. The van der Waals surface area contributed by atoms with Crippen molar-refractivity contribution in [2.24, 2.45) is 5.73 Å². The Morgan fingerprint density at radius 3 is 2.52 bits per heavy atom. The molecule has 21 heavy (non-hydrogen) atoms. The molecule has 0 aliphatic rings. The molecule has 0 saturated carbocycles. The first-order chi connectivity index (χ1) is 10.1. The second-order valence-corrected chi connectivity index (χ2v) is 4.45. The molecule has 108 valence electrons. The molecule has 7 heteroatoms. The molecule has 3 rings (SSSR count). The number of benzene rings is 2. The summed E-state index contributed by atoms with van der Waals surface area (Å²) in [6, 6.07) is 7.51. The van der Waals surface area contributed by atoms with Crippen LogP contribution in [0, 0.1) is 11.6 Å². The molecule has 0 aliphatic carbocycles. The maximum absolute atomic E-state index is 13.8. The highest BCUT2D eigenvalue weighted by Crippen LogP contribution is 2.23. The number of rotatable bonds is 3. The van der Waals surface area contributed by atoms with Crippen LogP contribution in [0.25, 0.3) is 16.7 Å². The van der Waals surface area contributed by atoms with Gasteiger partial charge in [-0.15, -0.1) is 5.10 Å². The lowest BCUT2D eigenvalue weighted by atomic mass is 10.1. The quantitative estimate of drug-likeness (QED) is 0.803. The van der Waals surface area contributed by atoms with Crippen LogP contribution in [0.5, 0.6) is 5.75 Å². The van der Waals surface area contributed by atoms with E-state index in [2.05, 4.69) is 10.3 Å². The van der Waals surface area contributed by atoms with E-state index in [4.69, 9.17) is 10.5 Å². The van der Waals surface area contributed by atoms with Crippen LogP contribution in [0.3, 0.4) is 0 Å². The van der Waals surface area contributed by atoms with Gasteiger partial charge in [0.15, 0.2) is 0 Å². The molecule has 0 radical (unpaired) electrons. The summed E-state index contributed by atoms with van der Waals surface area (Å²) in [6.45, 7) is -0.201. The third-order valence-corrected chi connectivity index (χ3v) is 3.23. The van der Waals surface area contributed by atoms with Crippen molar-refractivity contribution in [3.63, 3.8) is 0 Å². The number of hydrogen-bond donors (Lipinski definition) is 1. The minimum Gasteiger partial charge on any atom is -0.497 e. The minimum atomic E-state index is -0.704.